The molecule has 3 N–H and O–H groups in total. The Labute approximate surface area is 155 Å². The first-order valence-electron chi connectivity index (χ1n) is 7.97. The minimum atomic E-state index is -0.433. The minimum Gasteiger partial charge on any atom is -0.385 e. The Morgan fingerprint density at radius 3 is 2.65 bits per heavy atom. The van der Waals surface area contributed by atoms with Crippen LogP contribution in [0.2, 0.25) is 0 Å². The van der Waals surface area contributed by atoms with Gasteiger partial charge in [-0.15, -0.1) is 0 Å². The van der Waals surface area contributed by atoms with Crippen molar-refractivity contribution >= 4 is 29.2 Å². The van der Waals surface area contributed by atoms with E-state index in [4.69, 9.17) is 5.73 Å². The fourth-order valence-corrected chi connectivity index (χ4v) is 3.28. The topological polar surface area (TPSA) is 90.0 Å². The predicted molar refractivity (Wildman–Crippen MR) is 105 cm³/mol. The molecular weight excluding hydrogens is 348 g/mol. The predicted octanol–water partition coefficient (Wildman–Crippen LogP) is 2.85. The van der Waals surface area contributed by atoms with Crippen LogP contribution in [0, 0.1) is 6.92 Å². The molecule has 0 bridgehead atoms. The maximum absolute atomic E-state index is 12.2. The lowest BCUT2D eigenvalue weighted by molar-refractivity contribution is -0.113. The molecule has 1 heterocycles. The summed E-state index contributed by atoms with van der Waals surface area (Å²) in [7, 11) is 0. The van der Waals surface area contributed by atoms with E-state index in [9.17, 15) is 9.59 Å². The molecule has 2 aromatic carbocycles. The second kappa shape index (κ2) is 7.88. The van der Waals surface area contributed by atoms with Gasteiger partial charge in [-0.05, 0) is 36.8 Å². The van der Waals surface area contributed by atoms with Gasteiger partial charge in [-0.3, -0.25) is 14.2 Å². The Morgan fingerprint density at radius 1 is 1.15 bits per heavy atom. The highest BCUT2D eigenvalue weighted by Crippen LogP contribution is 2.23. The van der Waals surface area contributed by atoms with Gasteiger partial charge in [-0.1, -0.05) is 42.1 Å². The average Bonchev–Trinajstić information content (AvgIpc) is 2.60. The fourth-order valence-electron chi connectivity index (χ4n) is 2.45. The largest absolute Gasteiger partial charge is 0.385 e. The van der Waals surface area contributed by atoms with Crippen LogP contribution in [-0.2, 0) is 4.79 Å². The van der Waals surface area contributed by atoms with Gasteiger partial charge in [0.2, 0.25) is 5.91 Å². The summed E-state index contributed by atoms with van der Waals surface area (Å²) < 4.78 is 1.68. The highest BCUT2D eigenvalue weighted by atomic mass is 32.2. The molecule has 0 unspecified atom stereocenters. The van der Waals surface area contributed by atoms with Crippen molar-refractivity contribution in [3.05, 3.63) is 76.6 Å². The number of thioether (sulfide) groups is 1. The number of hydrogen-bond acceptors (Lipinski definition) is 5. The third-order valence-electron chi connectivity index (χ3n) is 3.58. The van der Waals surface area contributed by atoms with Crippen molar-refractivity contribution in [2.24, 2.45) is 0 Å². The van der Waals surface area contributed by atoms with Crippen LogP contribution in [0.4, 0.5) is 11.5 Å². The van der Waals surface area contributed by atoms with Gasteiger partial charge in [0.1, 0.15) is 5.82 Å². The molecule has 3 aromatic rings. The molecule has 7 heteroatoms. The number of hydrogen-bond donors (Lipinski definition) is 2. The van der Waals surface area contributed by atoms with E-state index in [-0.39, 0.29) is 17.5 Å². The average molecular weight is 366 g/mol. The summed E-state index contributed by atoms with van der Waals surface area (Å²) in [5.41, 5.74) is 8.17. The molecule has 3 rings (SSSR count). The zero-order valence-electron chi connectivity index (χ0n) is 14.2. The molecule has 0 saturated carbocycles. The van der Waals surface area contributed by atoms with Crippen LogP contribution in [0.5, 0.6) is 0 Å². The Balaban J connectivity index is 1.83. The molecule has 6 nitrogen and oxygen atoms in total. The molecule has 0 atom stereocenters. The van der Waals surface area contributed by atoms with Crippen molar-refractivity contribution in [1.82, 2.24) is 9.55 Å². The molecular formula is C19H18N4O2S. The van der Waals surface area contributed by atoms with Crippen molar-refractivity contribution in [2.75, 3.05) is 16.8 Å². The number of rotatable bonds is 5. The number of para-hydroxylation sites is 1. The summed E-state index contributed by atoms with van der Waals surface area (Å²) in [5, 5.41) is 3.18. The number of carbonyl (C=O) groups excluding carboxylic acids is 1. The molecule has 1 aromatic heterocycles. The first-order valence-corrected chi connectivity index (χ1v) is 8.96. The number of aromatic nitrogens is 2. The number of amides is 1. The van der Waals surface area contributed by atoms with Crippen molar-refractivity contribution in [3.8, 4) is 5.69 Å². The number of nitrogens with two attached hydrogens (primary N) is 1. The van der Waals surface area contributed by atoms with Gasteiger partial charge >= 0.3 is 0 Å². The third-order valence-corrected chi connectivity index (χ3v) is 4.52. The molecule has 0 aliphatic heterocycles. The van der Waals surface area contributed by atoms with E-state index in [2.05, 4.69) is 10.3 Å². The number of aryl methyl sites for hydroxylation is 1. The third kappa shape index (κ3) is 4.31. The Hall–Kier alpha value is -3.06. The van der Waals surface area contributed by atoms with Crippen LogP contribution in [-0.4, -0.2) is 21.2 Å². The Morgan fingerprint density at radius 2 is 1.92 bits per heavy atom. The summed E-state index contributed by atoms with van der Waals surface area (Å²) in [6.07, 6.45) is 0. The Bertz CT molecular complexity index is 986. The molecule has 0 radical (unpaired) electrons. The van der Waals surface area contributed by atoms with Crippen LogP contribution in [0.3, 0.4) is 0 Å². The van der Waals surface area contributed by atoms with Crippen LogP contribution >= 0.6 is 11.8 Å². The minimum absolute atomic E-state index is 0.108. The summed E-state index contributed by atoms with van der Waals surface area (Å²) in [6.45, 7) is 1.97. The van der Waals surface area contributed by atoms with Gasteiger partial charge in [0.25, 0.3) is 5.56 Å². The zero-order valence-corrected chi connectivity index (χ0v) is 15.0. The maximum Gasteiger partial charge on any atom is 0.275 e. The van der Waals surface area contributed by atoms with E-state index in [1.54, 1.807) is 4.57 Å². The van der Waals surface area contributed by atoms with Gasteiger partial charge in [0, 0.05) is 17.4 Å². The lowest BCUT2D eigenvalue weighted by Gasteiger charge is -2.15. The summed E-state index contributed by atoms with van der Waals surface area (Å²) in [5.74, 6) is 0.201. The van der Waals surface area contributed by atoms with Gasteiger partial charge in [0.15, 0.2) is 5.16 Å². The van der Waals surface area contributed by atoms with Crippen molar-refractivity contribution < 1.29 is 4.79 Å². The van der Waals surface area contributed by atoms with E-state index < -0.39 is 5.56 Å². The molecule has 0 aliphatic rings. The van der Waals surface area contributed by atoms with Gasteiger partial charge in [-0.25, -0.2) is 0 Å². The highest BCUT2D eigenvalue weighted by Gasteiger charge is 2.13. The van der Waals surface area contributed by atoms with Crippen LogP contribution in [0.25, 0.3) is 5.69 Å². The molecule has 132 valence electrons. The fraction of sp³-hybridized carbons (Fsp3) is 0.105. The zero-order chi connectivity index (χ0) is 18.5. The first kappa shape index (κ1) is 17.8. The first-order chi connectivity index (χ1) is 12.5. The number of nitrogens with one attached hydrogen (secondary N) is 1. The summed E-state index contributed by atoms with van der Waals surface area (Å²) >= 11 is 1.16. The van der Waals surface area contributed by atoms with E-state index in [1.165, 1.54) is 6.07 Å². The van der Waals surface area contributed by atoms with Crippen molar-refractivity contribution in [3.63, 3.8) is 0 Å². The van der Waals surface area contributed by atoms with E-state index >= 15 is 0 Å². The van der Waals surface area contributed by atoms with Gasteiger partial charge < -0.3 is 11.1 Å². The lowest BCUT2D eigenvalue weighted by atomic mass is 10.2. The monoisotopic (exact) mass is 366 g/mol. The molecule has 0 spiro atoms. The second-order valence-electron chi connectivity index (χ2n) is 5.68. The normalized spacial score (nSPS) is 10.5. The van der Waals surface area contributed by atoms with Crippen LogP contribution in [0.1, 0.15) is 5.56 Å². The van der Waals surface area contributed by atoms with E-state index in [0.717, 1.165) is 28.7 Å². The number of benzene rings is 2. The molecule has 0 saturated heterocycles. The lowest BCUT2D eigenvalue weighted by Crippen LogP contribution is -2.19. The molecule has 1 amide bonds. The molecule has 0 aliphatic carbocycles. The van der Waals surface area contributed by atoms with Crippen LogP contribution < -0.4 is 16.6 Å². The van der Waals surface area contributed by atoms with Crippen molar-refractivity contribution in [2.45, 2.75) is 12.1 Å². The van der Waals surface area contributed by atoms with Gasteiger partial charge in [0.05, 0.1) is 5.75 Å². The number of nitrogens with zero attached hydrogens (tertiary/aromatic N) is 2. The van der Waals surface area contributed by atoms with E-state index in [0.29, 0.717) is 5.16 Å². The van der Waals surface area contributed by atoms with Crippen molar-refractivity contribution in [1.29, 1.82) is 0 Å². The number of nitrogen functional groups attached to an aromatic ring is 1. The van der Waals surface area contributed by atoms with E-state index in [1.807, 2.05) is 61.5 Å². The number of carbonyl (C=O) groups is 1. The Kier molecular flexibility index (Phi) is 5.38. The quantitative estimate of drug-likeness (QED) is 0.535. The highest BCUT2D eigenvalue weighted by molar-refractivity contribution is 7.99. The number of anilines is 2. The smallest absolute Gasteiger partial charge is 0.275 e. The standard InChI is InChI=1S/C19H18N4O2S/c1-13-6-5-9-15(10-13)23-16(20)11-17(24)22-19(23)26-12-18(25)21-14-7-3-2-4-8-14/h2-11H,12,20H2,1H3,(H,21,25). The molecule has 0 fully saturated rings. The summed E-state index contributed by atoms with van der Waals surface area (Å²) in [6, 6.07) is 18.1. The van der Waals surface area contributed by atoms with Crippen LogP contribution in [0.15, 0.2) is 70.6 Å². The SMILES string of the molecule is Cc1cccc(-n2c(N)cc(=O)nc2SCC(=O)Nc2ccccc2)c1. The maximum atomic E-state index is 12.2. The van der Waals surface area contributed by atoms with Gasteiger partial charge in [-0.2, -0.15) is 4.98 Å². The second-order valence-corrected chi connectivity index (χ2v) is 6.62. The summed E-state index contributed by atoms with van der Waals surface area (Å²) in [4.78, 5) is 28.0. The molecule has 26 heavy (non-hydrogen) atoms.